The second-order valence-electron chi connectivity index (χ2n) is 7.09. The number of rotatable bonds is 4. The number of pyridine rings is 1. The summed E-state index contributed by atoms with van der Waals surface area (Å²) in [5.74, 6) is -0.503. The van der Waals surface area contributed by atoms with E-state index < -0.39 is 33.1 Å². The monoisotopic (exact) mass is 405 g/mol. The van der Waals surface area contributed by atoms with Crippen LogP contribution < -0.4 is 4.72 Å². The summed E-state index contributed by atoms with van der Waals surface area (Å²) in [6.45, 7) is 0.400. The predicted octanol–water partition coefficient (Wildman–Crippen LogP) is 2.57. The number of hydrogen-bond donors (Lipinski definition) is 1. The molecule has 1 aromatic rings. The van der Waals surface area contributed by atoms with Crippen molar-refractivity contribution in [2.45, 2.75) is 56.0 Å². The largest absolute Gasteiger partial charge is 0.433 e. The molecule has 2 aliphatic rings. The summed E-state index contributed by atoms with van der Waals surface area (Å²) >= 11 is 0. The fraction of sp³-hybridized carbons (Fsp3) is 0.647. The van der Waals surface area contributed by atoms with Crippen molar-refractivity contribution in [3.8, 4) is 0 Å². The van der Waals surface area contributed by atoms with Crippen molar-refractivity contribution in [2.75, 3.05) is 13.1 Å². The van der Waals surface area contributed by atoms with Crippen LogP contribution >= 0.6 is 0 Å². The van der Waals surface area contributed by atoms with E-state index in [2.05, 4.69) is 9.71 Å². The molecule has 27 heavy (non-hydrogen) atoms. The quantitative estimate of drug-likeness (QED) is 0.835. The van der Waals surface area contributed by atoms with Crippen LogP contribution in [-0.4, -0.2) is 48.6 Å². The molecular formula is C17H22F3N3O3S. The van der Waals surface area contributed by atoms with Crippen molar-refractivity contribution in [2.24, 2.45) is 0 Å². The number of halogens is 3. The Morgan fingerprint density at radius 2 is 1.85 bits per heavy atom. The normalized spacial score (nSPS) is 22.2. The minimum Gasteiger partial charge on any atom is -0.337 e. The zero-order valence-electron chi connectivity index (χ0n) is 14.7. The number of likely N-dealkylation sites (tertiary alicyclic amines) is 1. The lowest BCUT2D eigenvalue weighted by atomic mass is 10.1. The molecule has 1 saturated heterocycles. The van der Waals surface area contributed by atoms with Crippen molar-refractivity contribution < 1.29 is 26.4 Å². The van der Waals surface area contributed by atoms with E-state index in [0.717, 1.165) is 44.0 Å². The molecule has 1 aliphatic carbocycles. The molecule has 1 aromatic heterocycles. The molecular weight excluding hydrogens is 383 g/mol. The summed E-state index contributed by atoms with van der Waals surface area (Å²) in [6, 6.07) is 1.79. The molecule has 1 aliphatic heterocycles. The summed E-state index contributed by atoms with van der Waals surface area (Å²) in [5.41, 5.74) is -1.05. The highest BCUT2D eigenvalue weighted by Crippen LogP contribution is 2.28. The number of carbonyl (C=O) groups is 1. The van der Waals surface area contributed by atoms with Crippen LogP contribution in [0.1, 0.15) is 54.6 Å². The number of nitrogens with zero attached hydrogens (tertiary/aromatic N) is 2. The topological polar surface area (TPSA) is 79.4 Å². The van der Waals surface area contributed by atoms with Gasteiger partial charge in [0.15, 0.2) is 0 Å². The van der Waals surface area contributed by atoms with Crippen LogP contribution in [0.4, 0.5) is 13.2 Å². The van der Waals surface area contributed by atoms with Gasteiger partial charge in [0.2, 0.25) is 10.0 Å². The number of nitrogens with one attached hydrogen (secondary N) is 1. The Labute approximate surface area is 156 Å². The van der Waals surface area contributed by atoms with Gasteiger partial charge in [-0.3, -0.25) is 9.78 Å². The van der Waals surface area contributed by atoms with Gasteiger partial charge in [0.1, 0.15) is 5.69 Å². The van der Waals surface area contributed by atoms with Crippen LogP contribution in [0.3, 0.4) is 0 Å². The highest BCUT2D eigenvalue weighted by atomic mass is 32.2. The highest BCUT2D eigenvalue weighted by Gasteiger charge is 2.36. The summed E-state index contributed by atoms with van der Waals surface area (Å²) in [5, 5.41) is -0.710. The lowest BCUT2D eigenvalue weighted by molar-refractivity contribution is -0.141. The highest BCUT2D eigenvalue weighted by molar-refractivity contribution is 7.90. The molecule has 1 amide bonds. The number of piperidine rings is 1. The van der Waals surface area contributed by atoms with Crippen LogP contribution in [0.25, 0.3) is 0 Å². The molecule has 0 aromatic carbocycles. The van der Waals surface area contributed by atoms with Gasteiger partial charge in [0, 0.05) is 25.3 Å². The summed E-state index contributed by atoms with van der Waals surface area (Å²) in [6.07, 6.45) is 0.954. The van der Waals surface area contributed by atoms with Gasteiger partial charge < -0.3 is 4.90 Å². The van der Waals surface area contributed by atoms with E-state index in [0.29, 0.717) is 19.4 Å². The van der Waals surface area contributed by atoms with E-state index in [-0.39, 0.29) is 18.2 Å². The molecule has 2 heterocycles. The van der Waals surface area contributed by atoms with Gasteiger partial charge >= 0.3 is 6.18 Å². The maximum Gasteiger partial charge on any atom is 0.433 e. The Hall–Kier alpha value is -1.68. The molecule has 2 fully saturated rings. The van der Waals surface area contributed by atoms with Gasteiger partial charge in [-0.05, 0) is 37.8 Å². The average molecular weight is 405 g/mol. The minimum atomic E-state index is -4.57. The zero-order chi connectivity index (χ0) is 19.7. The third-order valence-corrected chi connectivity index (χ3v) is 7.02. The van der Waals surface area contributed by atoms with E-state index >= 15 is 0 Å². The van der Waals surface area contributed by atoms with Crippen LogP contribution in [0.15, 0.2) is 18.3 Å². The first-order chi connectivity index (χ1) is 12.7. The number of carbonyl (C=O) groups excluding carboxylic acids is 1. The van der Waals surface area contributed by atoms with Gasteiger partial charge in [-0.1, -0.05) is 12.8 Å². The summed E-state index contributed by atoms with van der Waals surface area (Å²) in [4.78, 5) is 17.2. The van der Waals surface area contributed by atoms with Crippen LogP contribution in [0.5, 0.6) is 0 Å². The molecule has 3 rings (SSSR count). The molecule has 1 atom stereocenters. The molecule has 0 spiro atoms. The molecule has 10 heteroatoms. The van der Waals surface area contributed by atoms with Crippen molar-refractivity contribution in [3.63, 3.8) is 0 Å². The SMILES string of the molecule is O=C(c1ccc(C(F)(F)F)nc1)N1CCC[C@@H](S(=O)(=O)NC2CCCC2)C1. The standard InChI is InChI=1S/C17H22F3N3O3S/c18-17(19,20)15-8-7-12(10-21-15)16(24)23-9-3-6-14(11-23)27(25,26)22-13-4-1-2-5-13/h7-8,10,13-14,22H,1-6,9,11H2/t14-/m1/s1. The number of amides is 1. The maximum atomic E-state index is 12.6. The third-order valence-electron chi connectivity index (χ3n) is 5.09. The molecule has 1 N–H and O–H groups in total. The Kier molecular flexibility index (Phi) is 5.76. The smallest absolute Gasteiger partial charge is 0.337 e. The Morgan fingerprint density at radius 3 is 2.44 bits per heavy atom. The lowest BCUT2D eigenvalue weighted by Gasteiger charge is -2.33. The maximum absolute atomic E-state index is 12.6. The molecule has 6 nitrogen and oxygen atoms in total. The first-order valence-electron chi connectivity index (χ1n) is 9.00. The first kappa shape index (κ1) is 20.1. The lowest BCUT2D eigenvalue weighted by Crippen LogP contribution is -2.50. The van der Waals surface area contributed by atoms with Crippen molar-refractivity contribution in [1.82, 2.24) is 14.6 Å². The number of hydrogen-bond acceptors (Lipinski definition) is 4. The van der Waals surface area contributed by atoms with Crippen molar-refractivity contribution in [3.05, 3.63) is 29.6 Å². The molecule has 0 unspecified atom stereocenters. The van der Waals surface area contributed by atoms with Crippen LogP contribution in [0, 0.1) is 0 Å². The van der Waals surface area contributed by atoms with Crippen molar-refractivity contribution in [1.29, 1.82) is 0 Å². The Bertz CT molecular complexity index is 775. The van der Waals surface area contributed by atoms with Gasteiger partial charge in [-0.15, -0.1) is 0 Å². The van der Waals surface area contributed by atoms with Gasteiger partial charge in [0.25, 0.3) is 5.91 Å². The van der Waals surface area contributed by atoms with Gasteiger partial charge in [-0.2, -0.15) is 13.2 Å². The van der Waals surface area contributed by atoms with Gasteiger partial charge in [-0.25, -0.2) is 13.1 Å². The zero-order valence-corrected chi connectivity index (χ0v) is 15.5. The van der Waals surface area contributed by atoms with Crippen LogP contribution in [-0.2, 0) is 16.2 Å². The van der Waals surface area contributed by atoms with Gasteiger partial charge in [0.05, 0.1) is 10.8 Å². The van der Waals surface area contributed by atoms with E-state index in [1.165, 1.54) is 4.90 Å². The van der Waals surface area contributed by atoms with E-state index in [1.54, 1.807) is 0 Å². The number of alkyl halides is 3. The second-order valence-corrected chi connectivity index (χ2v) is 9.08. The number of sulfonamides is 1. The Morgan fingerprint density at radius 1 is 1.15 bits per heavy atom. The summed E-state index contributed by atoms with van der Waals surface area (Å²) in [7, 11) is -3.55. The second kappa shape index (κ2) is 7.75. The number of aromatic nitrogens is 1. The molecule has 0 radical (unpaired) electrons. The third kappa shape index (κ3) is 4.78. The fourth-order valence-corrected chi connectivity index (χ4v) is 5.36. The fourth-order valence-electron chi connectivity index (χ4n) is 3.62. The van der Waals surface area contributed by atoms with E-state index in [1.807, 2.05) is 0 Å². The van der Waals surface area contributed by atoms with E-state index in [9.17, 15) is 26.4 Å². The first-order valence-corrected chi connectivity index (χ1v) is 10.5. The molecule has 150 valence electrons. The summed E-state index contributed by atoms with van der Waals surface area (Å²) < 4.78 is 65.8. The predicted molar refractivity (Wildman–Crippen MR) is 92.5 cm³/mol. The average Bonchev–Trinajstić information content (AvgIpc) is 3.13. The molecule has 1 saturated carbocycles. The Balaban J connectivity index is 1.67. The van der Waals surface area contributed by atoms with Crippen LogP contribution in [0.2, 0.25) is 0 Å². The molecule has 0 bridgehead atoms. The van der Waals surface area contributed by atoms with Crippen molar-refractivity contribution >= 4 is 15.9 Å². The minimum absolute atomic E-state index is 0.0183. The van der Waals surface area contributed by atoms with E-state index in [4.69, 9.17) is 0 Å².